The molecule has 0 atom stereocenters. The summed E-state index contributed by atoms with van der Waals surface area (Å²) in [5.74, 6) is 0. The normalized spacial score (nSPS) is 13.5. The molecule has 0 heterocycles. The van der Waals surface area contributed by atoms with Crippen molar-refractivity contribution >= 4 is 34.1 Å². The van der Waals surface area contributed by atoms with Gasteiger partial charge in [-0.15, -0.1) is 0 Å². The fourth-order valence-corrected chi connectivity index (χ4v) is 23.1. The van der Waals surface area contributed by atoms with Crippen LogP contribution in [0.25, 0.3) is 77.9 Å². The molecule has 21 aromatic rings. The van der Waals surface area contributed by atoms with Crippen molar-refractivity contribution in [3.8, 4) is 77.9 Å². The Morgan fingerprint density at radius 3 is 0.652 bits per heavy atom. The van der Waals surface area contributed by atoms with Crippen LogP contribution in [0, 0.1) is 0 Å². The van der Waals surface area contributed by atoms with E-state index in [2.05, 4.69) is 556 Å². The highest BCUT2D eigenvalue weighted by atomic mass is 15.1. The predicted molar refractivity (Wildman–Crippen MR) is 548 cm³/mol. The van der Waals surface area contributed by atoms with E-state index in [1.807, 2.05) is 0 Å². The van der Waals surface area contributed by atoms with Crippen LogP contribution in [0.4, 0.5) is 34.1 Å². The van der Waals surface area contributed by atoms with Gasteiger partial charge in [-0.25, -0.2) is 0 Å². The molecule has 2 spiro atoms. The molecule has 0 saturated carbocycles. The van der Waals surface area contributed by atoms with Crippen LogP contribution < -0.4 is 9.80 Å². The first-order valence-corrected chi connectivity index (χ1v) is 45.9. The Bertz CT molecular complexity index is 7620. The first-order chi connectivity index (χ1) is 65.5. The summed E-state index contributed by atoms with van der Waals surface area (Å²) in [6.45, 7) is 0. The van der Waals surface area contributed by atoms with E-state index < -0.39 is 21.7 Å². The van der Waals surface area contributed by atoms with Crippen molar-refractivity contribution < 1.29 is 0 Å². The number of anilines is 6. The molecule has 25 rings (SSSR count). The summed E-state index contributed by atoms with van der Waals surface area (Å²) in [7, 11) is 0. The summed E-state index contributed by atoms with van der Waals surface area (Å²) in [6.07, 6.45) is 0. The van der Waals surface area contributed by atoms with E-state index in [4.69, 9.17) is 0 Å². The van der Waals surface area contributed by atoms with Gasteiger partial charge in [0.15, 0.2) is 0 Å². The average Bonchev–Trinajstić information content (AvgIpc) is 1.54. The Balaban J connectivity index is 0.000000146. The molecule has 0 amide bonds. The molecule has 0 fully saturated rings. The summed E-state index contributed by atoms with van der Waals surface area (Å²) in [4.78, 5) is 4.81. The molecule has 21 aromatic carbocycles. The molecule has 0 radical (unpaired) electrons. The molecule has 132 heavy (non-hydrogen) atoms. The molecule has 0 aromatic heterocycles. The van der Waals surface area contributed by atoms with Crippen molar-refractivity contribution in [1.29, 1.82) is 0 Å². The minimum atomic E-state index is -0.583. The van der Waals surface area contributed by atoms with Crippen LogP contribution in [0.5, 0.6) is 0 Å². The van der Waals surface area contributed by atoms with Gasteiger partial charge in [0.1, 0.15) is 0 Å². The van der Waals surface area contributed by atoms with Crippen LogP contribution in [0.15, 0.2) is 546 Å². The fraction of sp³-hybridized carbons (Fsp3) is 0.0308. The van der Waals surface area contributed by atoms with E-state index in [0.717, 1.165) is 34.1 Å². The molecule has 0 unspecified atom stereocenters. The quantitative estimate of drug-likeness (QED) is 0.101. The van der Waals surface area contributed by atoms with E-state index in [0.29, 0.717) is 0 Å². The van der Waals surface area contributed by atoms with Crippen molar-refractivity contribution in [2.75, 3.05) is 9.80 Å². The predicted octanol–water partition coefficient (Wildman–Crippen LogP) is 32.8. The second-order valence-electron chi connectivity index (χ2n) is 35.0. The van der Waals surface area contributed by atoms with Gasteiger partial charge < -0.3 is 9.80 Å². The molecular formula is C130H90N2. The summed E-state index contributed by atoms with van der Waals surface area (Å²) in [6, 6.07) is 202. The van der Waals surface area contributed by atoms with Crippen LogP contribution in [0.2, 0.25) is 0 Å². The number of benzene rings is 21. The summed E-state index contributed by atoms with van der Waals surface area (Å²) >= 11 is 0. The number of fused-ring (bicyclic) bond motifs is 18. The number of para-hydroxylation sites is 2. The minimum Gasteiger partial charge on any atom is -0.311 e. The Labute approximate surface area is 773 Å². The van der Waals surface area contributed by atoms with Gasteiger partial charge in [0.05, 0.1) is 27.3 Å². The first kappa shape index (κ1) is 78.7. The Morgan fingerprint density at radius 2 is 0.318 bits per heavy atom. The highest BCUT2D eigenvalue weighted by Crippen LogP contribution is 2.69. The molecule has 2 nitrogen and oxygen atoms in total. The van der Waals surface area contributed by atoms with Gasteiger partial charge >= 0.3 is 0 Å². The van der Waals surface area contributed by atoms with Crippen LogP contribution in [-0.2, 0) is 21.7 Å². The molecular weight excluding hydrogens is 1590 g/mol. The van der Waals surface area contributed by atoms with Gasteiger partial charge in [-0.2, -0.15) is 0 Å². The van der Waals surface area contributed by atoms with Gasteiger partial charge in [0.25, 0.3) is 0 Å². The number of hydrogen-bond donors (Lipinski definition) is 0. The van der Waals surface area contributed by atoms with Crippen molar-refractivity contribution in [2.24, 2.45) is 0 Å². The number of rotatable bonds is 15. The van der Waals surface area contributed by atoms with E-state index >= 15 is 0 Å². The van der Waals surface area contributed by atoms with E-state index in [-0.39, 0.29) is 0 Å². The topological polar surface area (TPSA) is 6.48 Å². The zero-order chi connectivity index (χ0) is 87.6. The number of hydrogen-bond acceptors (Lipinski definition) is 2. The van der Waals surface area contributed by atoms with Crippen LogP contribution in [0.3, 0.4) is 0 Å². The molecule has 0 aliphatic heterocycles. The summed E-state index contributed by atoms with van der Waals surface area (Å²) < 4.78 is 0. The second kappa shape index (κ2) is 32.8. The summed E-state index contributed by atoms with van der Waals surface area (Å²) in [5.41, 5.74) is 42.4. The third kappa shape index (κ3) is 12.4. The van der Waals surface area contributed by atoms with Crippen LogP contribution in [0.1, 0.15) is 89.0 Å². The zero-order valence-electron chi connectivity index (χ0n) is 72.9. The van der Waals surface area contributed by atoms with Gasteiger partial charge in [-0.3, -0.25) is 0 Å². The zero-order valence-corrected chi connectivity index (χ0v) is 72.9. The smallest absolute Gasteiger partial charge is 0.0720 e. The van der Waals surface area contributed by atoms with Gasteiger partial charge in [0.2, 0.25) is 0 Å². The van der Waals surface area contributed by atoms with Crippen molar-refractivity contribution in [3.63, 3.8) is 0 Å². The molecule has 620 valence electrons. The lowest BCUT2D eigenvalue weighted by molar-refractivity contribution is 0.623. The molecule has 4 aliphatic carbocycles. The Morgan fingerprint density at radius 1 is 0.114 bits per heavy atom. The molecule has 0 N–H and O–H groups in total. The molecule has 2 heteroatoms. The standard InChI is InChI=1S/C68H47N.C62H43N/c1-5-20-48(21-6-1)49-36-38-50(39-37-49)51-40-44-56(45-41-51)69(55-26-11-4-12-27-55)57-46-42-52(43-47-57)58-29-19-35-65-66(58)59-28-13-14-30-60(59)68(65)63-33-17-15-31-61(63)67(53-22-7-2-8-23-53,54-24-9-3-10-25-54)62-32-16-18-34-64(62)68;1-5-20-44(21-6-1)45-36-38-46(39-37-45)47-40-42-51(43-41-47)63(50-26-11-4-12-27-50)59-35-19-34-58-60(59)52-28-13-14-29-53(52)62(58)56-32-17-15-30-54(56)61(48-22-7-2-8-23-48,49-24-9-3-10-25-49)55-31-16-18-33-57(55)62/h1-47H;1-43H. The number of nitrogens with zero attached hydrogens (tertiary/aromatic N) is 2. The molecule has 4 aliphatic rings. The molecule has 0 saturated heterocycles. The highest BCUT2D eigenvalue weighted by Gasteiger charge is 2.59. The van der Waals surface area contributed by atoms with Crippen LogP contribution in [-0.4, -0.2) is 0 Å². The van der Waals surface area contributed by atoms with Crippen molar-refractivity contribution in [3.05, 3.63) is 635 Å². The second-order valence-corrected chi connectivity index (χ2v) is 35.0. The van der Waals surface area contributed by atoms with Crippen molar-refractivity contribution in [1.82, 2.24) is 0 Å². The lowest BCUT2D eigenvalue weighted by atomic mass is 9.51. The van der Waals surface area contributed by atoms with Gasteiger partial charge in [-0.05, 0) is 228 Å². The molecule has 0 bridgehead atoms. The fourth-order valence-electron chi connectivity index (χ4n) is 23.1. The van der Waals surface area contributed by atoms with Crippen molar-refractivity contribution in [2.45, 2.75) is 21.7 Å². The lowest BCUT2D eigenvalue weighted by Gasteiger charge is -2.50. The first-order valence-electron chi connectivity index (χ1n) is 45.9. The maximum Gasteiger partial charge on any atom is 0.0720 e. The van der Waals surface area contributed by atoms with Crippen LogP contribution >= 0.6 is 0 Å². The third-order valence-corrected chi connectivity index (χ3v) is 28.5. The van der Waals surface area contributed by atoms with E-state index in [1.165, 1.54) is 167 Å². The SMILES string of the molecule is c1ccc(-c2ccc(-c3ccc(N(c4ccccc4)c4ccc(-c5cccc6c5-c5ccccc5C65c6ccccc6C(c6ccccc6)(c6ccccc6)c6ccccc65)cc4)cc3)cc2)cc1.c1ccc(-c2ccc(-c3ccc(N(c4ccccc4)c4cccc5c4-c4ccccc4C54c5ccccc5C(c5ccccc5)(c5ccccc5)c5ccccc54)cc3)cc2)cc1. The summed E-state index contributed by atoms with van der Waals surface area (Å²) in [5, 5.41) is 0. The average molecular weight is 1680 g/mol. The Kier molecular flexibility index (Phi) is 19.6. The Hall–Kier alpha value is -16.8. The largest absolute Gasteiger partial charge is 0.311 e. The monoisotopic (exact) mass is 1680 g/mol. The lowest BCUT2D eigenvalue weighted by Crippen LogP contribution is -2.44. The van der Waals surface area contributed by atoms with E-state index in [1.54, 1.807) is 0 Å². The minimum absolute atomic E-state index is 0.537. The third-order valence-electron chi connectivity index (χ3n) is 28.5. The highest BCUT2D eigenvalue weighted by molar-refractivity contribution is 6.01. The van der Waals surface area contributed by atoms with Gasteiger partial charge in [-0.1, -0.05) is 479 Å². The van der Waals surface area contributed by atoms with E-state index in [9.17, 15) is 0 Å². The maximum absolute atomic E-state index is 2.45. The van der Waals surface area contributed by atoms with Gasteiger partial charge in [0, 0.05) is 34.0 Å². The maximum atomic E-state index is 2.45.